The van der Waals surface area contributed by atoms with Gasteiger partial charge in [-0.2, -0.15) is 5.10 Å². The Morgan fingerprint density at radius 3 is 2.60 bits per heavy atom. The minimum atomic E-state index is -0.614. The average molecular weight is 340 g/mol. The van der Waals surface area contributed by atoms with Gasteiger partial charge in [0.05, 0.1) is 11.9 Å². The second-order valence-corrected chi connectivity index (χ2v) is 6.65. The third-order valence-corrected chi connectivity index (χ3v) is 4.43. The highest BCUT2D eigenvalue weighted by Gasteiger charge is 2.32. The van der Waals surface area contributed by atoms with Crippen molar-refractivity contribution in [3.05, 3.63) is 48.3 Å². The van der Waals surface area contributed by atoms with Gasteiger partial charge in [-0.3, -0.25) is 14.3 Å². The standard InChI is InChI=1S/C19H24N4O2/c1-14(2)23-13-16(12-20-23)21-19(25)18(15-8-4-3-5-9-15)22-11-7-6-10-17(22)24/h3-5,8-9,12-14,18H,6-7,10-11H2,1-2H3,(H,21,25)/t18-/m1/s1. The number of carbonyl (C=O) groups excluding carboxylic acids is 2. The molecule has 1 fully saturated rings. The Kier molecular flexibility index (Phi) is 5.16. The molecule has 0 spiro atoms. The Morgan fingerprint density at radius 2 is 1.96 bits per heavy atom. The zero-order valence-corrected chi connectivity index (χ0v) is 14.7. The molecule has 0 saturated carbocycles. The molecule has 1 aromatic carbocycles. The maximum atomic E-state index is 13.0. The molecule has 132 valence electrons. The highest BCUT2D eigenvalue weighted by atomic mass is 16.2. The Hall–Kier alpha value is -2.63. The summed E-state index contributed by atoms with van der Waals surface area (Å²) in [5.74, 6) is -0.169. The van der Waals surface area contributed by atoms with Crippen LogP contribution >= 0.6 is 0 Å². The first-order chi connectivity index (χ1) is 12.1. The van der Waals surface area contributed by atoms with E-state index in [2.05, 4.69) is 10.4 Å². The number of benzene rings is 1. The number of hydrogen-bond acceptors (Lipinski definition) is 3. The van der Waals surface area contributed by atoms with E-state index in [1.165, 1.54) is 0 Å². The van der Waals surface area contributed by atoms with E-state index in [0.29, 0.717) is 18.7 Å². The lowest BCUT2D eigenvalue weighted by Gasteiger charge is -2.34. The summed E-state index contributed by atoms with van der Waals surface area (Å²) < 4.78 is 1.79. The van der Waals surface area contributed by atoms with Crippen molar-refractivity contribution in [1.82, 2.24) is 14.7 Å². The van der Waals surface area contributed by atoms with Gasteiger partial charge >= 0.3 is 0 Å². The van der Waals surface area contributed by atoms with Gasteiger partial charge in [-0.15, -0.1) is 0 Å². The summed E-state index contributed by atoms with van der Waals surface area (Å²) in [4.78, 5) is 27.1. The van der Waals surface area contributed by atoms with Gasteiger partial charge in [0, 0.05) is 25.2 Å². The molecule has 25 heavy (non-hydrogen) atoms. The lowest BCUT2D eigenvalue weighted by molar-refractivity contribution is -0.141. The maximum Gasteiger partial charge on any atom is 0.251 e. The number of aromatic nitrogens is 2. The molecule has 0 bridgehead atoms. The van der Waals surface area contributed by atoms with Crippen molar-refractivity contribution >= 4 is 17.5 Å². The molecule has 1 aliphatic heterocycles. The topological polar surface area (TPSA) is 67.2 Å². The van der Waals surface area contributed by atoms with Crippen LogP contribution in [0.4, 0.5) is 5.69 Å². The molecule has 6 nitrogen and oxygen atoms in total. The minimum absolute atomic E-state index is 0.0353. The molecule has 1 saturated heterocycles. The van der Waals surface area contributed by atoms with Crippen molar-refractivity contribution in [3.8, 4) is 0 Å². The number of likely N-dealkylation sites (tertiary alicyclic amines) is 1. The molecule has 0 aliphatic carbocycles. The molecule has 0 unspecified atom stereocenters. The van der Waals surface area contributed by atoms with Crippen LogP contribution in [0, 0.1) is 0 Å². The number of carbonyl (C=O) groups is 2. The van der Waals surface area contributed by atoms with E-state index in [1.807, 2.05) is 50.4 Å². The fourth-order valence-corrected chi connectivity index (χ4v) is 3.10. The van der Waals surface area contributed by atoms with E-state index in [0.717, 1.165) is 18.4 Å². The van der Waals surface area contributed by atoms with Crippen LogP contribution in [0.2, 0.25) is 0 Å². The monoisotopic (exact) mass is 340 g/mol. The van der Waals surface area contributed by atoms with E-state index >= 15 is 0 Å². The van der Waals surface area contributed by atoms with Crippen LogP contribution < -0.4 is 5.32 Å². The Labute approximate surface area is 147 Å². The van der Waals surface area contributed by atoms with E-state index in [9.17, 15) is 9.59 Å². The number of rotatable bonds is 5. The molecule has 3 rings (SSSR count). The summed E-state index contributed by atoms with van der Waals surface area (Å²) in [6.07, 6.45) is 5.76. The number of nitrogens with one attached hydrogen (secondary N) is 1. The summed E-state index contributed by atoms with van der Waals surface area (Å²) >= 11 is 0. The summed E-state index contributed by atoms with van der Waals surface area (Å²) in [6.45, 7) is 4.66. The van der Waals surface area contributed by atoms with Gasteiger partial charge in [-0.1, -0.05) is 30.3 Å². The predicted octanol–water partition coefficient (Wildman–Crippen LogP) is 3.16. The maximum absolute atomic E-state index is 13.0. The van der Waals surface area contributed by atoms with Crippen LogP contribution in [0.25, 0.3) is 0 Å². The van der Waals surface area contributed by atoms with Crippen LogP contribution in [-0.4, -0.2) is 33.0 Å². The molecule has 0 radical (unpaired) electrons. The van der Waals surface area contributed by atoms with Crippen molar-refractivity contribution in [2.24, 2.45) is 0 Å². The van der Waals surface area contributed by atoms with Gasteiger partial charge in [-0.25, -0.2) is 0 Å². The normalized spacial score (nSPS) is 16.1. The van der Waals surface area contributed by atoms with Gasteiger partial charge in [0.1, 0.15) is 6.04 Å². The van der Waals surface area contributed by atoms with Crippen molar-refractivity contribution in [1.29, 1.82) is 0 Å². The zero-order chi connectivity index (χ0) is 17.8. The summed E-state index contributed by atoms with van der Waals surface area (Å²) in [5.41, 5.74) is 1.47. The second-order valence-electron chi connectivity index (χ2n) is 6.65. The molecule has 1 aliphatic rings. The second kappa shape index (κ2) is 7.51. The number of nitrogens with zero attached hydrogens (tertiary/aromatic N) is 3. The largest absolute Gasteiger partial charge is 0.327 e. The molecule has 1 N–H and O–H groups in total. The first-order valence-corrected chi connectivity index (χ1v) is 8.75. The smallest absolute Gasteiger partial charge is 0.251 e. The van der Waals surface area contributed by atoms with E-state index in [1.54, 1.807) is 15.8 Å². The third kappa shape index (κ3) is 3.90. The SMILES string of the molecule is CC(C)n1cc(NC(=O)[C@@H](c2ccccc2)N2CCCCC2=O)cn1. The van der Waals surface area contributed by atoms with Gasteiger partial charge in [0.15, 0.2) is 0 Å². The number of piperidine rings is 1. The molecule has 2 heterocycles. The highest BCUT2D eigenvalue weighted by Crippen LogP contribution is 2.27. The number of hydrogen-bond donors (Lipinski definition) is 1. The average Bonchev–Trinajstić information content (AvgIpc) is 3.07. The number of amides is 2. The van der Waals surface area contributed by atoms with Gasteiger partial charge in [0.25, 0.3) is 5.91 Å². The van der Waals surface area contributed by atoms with E-state index in [4.69, 9.17) is 0 Å². The molecular formula is C19H24N4O2. The molecular weight excluding hydrogens is 316 g/mol. The zero-order valence-electron chi connectivity index (χ0n) is 14.7. The van der Waals surface area contributed by atoms with Crippen molar-refractivity contribution in [3.63, 3.8) is 0 Å². The van der Waals surface area contributed by atoms with Gasteiger partial charge in [0.2, 0.25) is 5.91 Å². The van der Waals surface area contributed by atoms with Crippen molar-refractivity contribution < 1.29 is 9.59 Å². The van der Waals surface area contributed by atoms with Crippen LogP contribution in [-0.2, 0) is 9.59 Å². The Morgan fingerprint density at radius 1 is 1.20 bits per heavy atom. The third-order valence-electron chi connectivity index (χ3n) is 4.43. The van der Waals surface area contributed by atoms with Crippen molar-refractivity contribution in [2.75, 3.05) is 11.9 Å². The Bertz CT molecular complexity index is 739. The lowest BCUT2D eigenvalue weighted by atomic mass is 10.0. The van der Waals surface area contributed by atoms with E-state index < -0.39 is 6.04 Å². The first kappa shape index (κ1) is 17.2. The minimum Gasteiger partial charge on any atom is -0.327 e. The van der Waals surface area contributed by atoms with Crippen LogP contribution in [0.5, 0.6) is 0 Å². The summed E-state index contributed by atoms with van der Waals surface area (Å²) in [5, 5.41) is 7.17. The lowest BCUT2D eigenvalue weighted by Crippen LogP contribution is -2.43. The fourth-order valence-electron chi connectivity index (χ4n) is 3.10. The molecule has 1 aromatic heterocycles. The quantitative estimate of drug-likeness (QED) is 0.909. The van der Waals surface area contributed by atoms with Gasteiger partial charge in [-0.05, 0) is 32.3 Å². The van der Waals surface area contributed by atoms with Crippen LogP contribution in [0.15, 0.2) is 42.7 Å². The first-order valence-electron chi connectivity index (χ1n) is 8.75. The molecule has 2 aromatic rings. The molecule has 6 heteroatoms. The van der Waals surface area contributed by atoms with Crippen LogP contribution in [0.3, 0.4) is 0 Å². The summed E-state index contributed by atoms with van der Waals surface area (Å²) in [6, 6.07) is 9.08. The molecule has 1 atom stereocenters. The fraction of sp³-hybridized carbons (Fsp3) is 0.421. The Balaban J connectivity index is 1.85. The van der Waals surface area contributed by atoms with Crippen LogP contribution in [0.1, 0.15) is 50.8 Å². The number of anilines is 1. The van der Waals surface area contributed by atoms with Gasteiger partial charge < -0.3 is 10.2 Å². The predicted molar refractivity (Wildman–Crippen MR) is 96.0 cm³/mol. The van der Waals surface area contributed by atoms with E-state index in [-0.39, 0.29) is 17.9 Å². The molecule has 2 amide bonds. The highest BCUT2D eigenvalue weighted by molar-refractivity contribution is 5.97. The van der Waals surface area contributed by atoms with Crippen molar-refractivity contribution in [2.45, 2.75) is 45.2 Å². The summed E-state index contributed by atoms with van der Waals surface area (Å²) in [7, 11) is 0.